The highest BCUT2D eigenvalue weighted by molar-refractivity contribution is 6.00. The van der Waals surface area contributed by atoms with Gasteiger partial charge in [-0.15, -0.1) is 0 Å². The van der Waals surface area contributed by atoms with Gasteiger partial charge in [-0.1, -0.05) is 13.8 Å². The van der Waals surface area contributed by atoms with Crippen molar-refractivity contribution in [2.45, 2.75) is 64.6 Å². The van der Waals surface area contributed by atoms with E-state index in [-0.39, 0.29) is 0 Å². The average molecular weight is 374 g/mol. The number of hydrogen-bond donors (Lipinski definition) is 2. The molecule has 2 atom stereocenters. The van der Waals surface area contributed by atoms with E-state index in [4.69, 9.17) is 9.47 Å². The van der Waals surface area contributed by atoms with Crippen LogP contribution in [0, 0.1) is 0 Å². The van der Waals surface area contributed by atoms with Crippen molar-refractivity contribution in [1.82, 2.24) is 0 Å². The van der Waals surface area contributed by atoms with E-state index < -0.39 is 72.3 Å². The second-order valence-electron chi connectivity index (χ2n) is 5.68. The summed E-state index contributed by atoms with van der Waals surface area (Å²) in [5, 5.41) is 19.3. The van der Waals surface area contributed by atoms with Crippen LogP contribution in [0.1, 0.15) is 53.4 Å². The molecule has 0 radical (unpaired) electrons. The van der Waals surface area contributed by atoms with Gasteiger partial charge in [-0.3, -0.25) is 19.2 Å². The van der Waals surface area contributed by atoms with Gasteiger partial charge in [0, 0.05) is 12.8 Å². The van der Waals surface area contributed by atoms with Gasteiger partial charge in [0.15, 0.2) is 0 Å². The summed E-state index contributed by atoms with van der Waals surface area (Å²) in [6.45, 7) is 4.57. The number of carboxylic acid groups (broad SMARTS) is 2. The Morgan fingerprint density at radius 2 is 0.962 bits per heavy atom. The fourth-order valence-electron chi connectivity index (χ4n) is 2.48. The molecule has 10 nitrogen and oxygen atoms in total. The molecule has 0 bridgehead atoms. The van der Waals surface area contributed by atoms with Crippen LogP contribution in [0.5, 0.6) is 0 Å². The first-order valence-corrected chi connectivity index (χ1v) is 7.77. The number of carbonyl (C=O) groups excluding carboxylic acids is 4. The van der Waals surface area contributed by atoms with Crippen LogP contribution in [0.2, 0.25) is 0 Å². The van der Waals surface area contributed by atoms with Gasteiger partial charge in [0.25, 0.3) is 11.2 Å². The molecule has 0 spiro atoms. The molecule has 0 rings (SSSR count). The topological polar surface area (TPSA) is 161 Å². The lowest BCUT2D eigenvalue weighted by molar-refractivity contribution is -0.230. The number of Topliss-reactive ketones (excluding diaryl/α,β-unsaturated/α-hetero) is 2. The molecular weight excluding hydrogens is 352 g/mol. The largest absolute Gasteiger partial charge is 0.478 e. The van der Waals surface area contributed by atoms with Crippen molar-refractivity contribution in [2.24, 2.45) is 0 Å². The maximum absolute atomic E-state index is 11.9. The van der Waals surface area contributed by atoms with Crippen LogP contribution in [-0.4, -0.2) is 56.9 Å². The lowest BCUT2D eigenvalue weighted by Crippen LogP contribution is -2.67. The number of ether oxygens (including phenoxy) is 2. The lowest BCUT2D eigenvalue weighted by Gasteiger charge is -2.42. The van der Waals surface area contributed by atoms with E-state index in [9.17, 15) is 39.0 Å². The molecule has 2 N–H and O–H groups in total. The van der Waals surface area contributed by atoms with Gasteiger partial charge in [0.2, 0.25) is 0 Å². The van der Waals surface area contributed by atoms with Crippen molar-refractivity contribution in [3.05, 3.63) is 0 Å². The number of ketones is 2. The van der Waals surface area contributed by atoms with Crippen molar-refractivity contribution in [3.63, 3.8) is 0 Å². The highest BCUT2D eigenvalue weighted by Crippen LogP contribution is 2.38. The van der Waals surface area contributed by atoms with Gasteiger partial charge >= 0.3 is 23.9 Å². The third kappa shape index (κ3) is 4.87. The van der Waals surface area contributed by atoms with Crippen molar-refractivity contribution in [3.8, 4) is 0 Å². The first-order chi connectivity index (χ1) is 11.9. The van der Waals surface area contributed by atoms with Crippen molar-refractivity contribution < 1.29 is 48.5 Å². The molecule has 0 aromatic rings. The first kappa shape index (κ1) is 23.2. The molecular formula is C16H22O10. The first-order valence-electron chi connectivity index (χ1n) is 7.77. The zero-order valence-corrected chi connectivity index (χ0v) is 15.0. The fourth-order valence-corrected chi connectivity index (χ4v) is 2.48. The molecule has 0 saturated heterocycles. The van der Waals surface area contributed by atoms with Crippen molar-refractivity contribution >= 4 is 35.4 Å². The molecule has 0 saturated carbocycles. The van der Waals surface area contributed by atoms with E-state index >= 15 is 0 Å². The fraction of sp³-hybridized carbons (Fsp3) is 0.625. The summed E-state index contributed by atoms with van der Waals surface area (Å²) >= 11 is 0. The summed E-state index contributed by atoms with van der Waals surface area (Å²) in [7, 11) is 0. The second kappa shape index (κ2) is 9.07. The molecule has 0 unspecified atom stereocenters. The van der Waals surface area contributed by atoms with Gasteiger partial charge in [-0.2, -0.15) is 0 Å². The Morgan fingerprint density at radius 3 is 1.12 bits per heavy atom. The SMILES string of the molecule is CC[C@@](OC(=O)CC(C)=O)(C(=O)O)[C@](CC)(OC(=O)CC(C)=O)C(=O)O. The number of carbonyl (C=O) groups is 6. The Hall–Kier alpha value is -2.78. The summed E-state index contributed by atoms with van der Waals surface area (Å²) in [5.74, 6) is -7.53. The molecule has 0 aromatic heterocycles. The van der Waals surface area contributed by atoms with Crippen LogP contribution >= 0.6 is 0 Å². The van der Waals surface area contributed by atoms with Crippen LogP contribution in [-0.2, 0) is 38.2 Å². The Balaban J connectivity index is 6.27. The summed E-state index contributed by atoms with van der Waals surface area (Å²) in [5.41, 5.74) is -5.57. The molecule has 146 valence electrons. The van der Waals surface area contributed by atoms with Crippen LogP contribution < -0.4 is 0 Å². The zero-order chi connectivity index (χ0) is 20.7. The quantitative estimate of drug-likeness (QED) is 0.384. The van der Waals surface area contributed by atoms with E-state index in [1.165, 1.54) is 13.8 Å². The Kier molecular flexibility index (Phi) is 8.10. The van der Waals surface area contributed by atoms with Crippen LogP contribution in [0.3, 0.4) is 0 Å². The molecule has 10 heteroatoms. The van der Waals surface area contributed by atoms with E-state index in [0.717, 1.165) is 13.8 Å². The van der Waals surface area contributed by atoms with Gasteiger partial charge in [0.05, 0.1) is 0 Å². The minimum atomic E-state index is -2.79. The average Bonchev–Trinajstić information content (AvgIpc) is 2.48. The second-order valence-corrected chi connectivity index (χ2v) is 5.68. The molecule has 0 aromatic carbocycles. The van der Waals surface area contributed by atoms with Gasteiger partial charge in [-0.25, -0.2) is 9.59 Å². The van der Waals surface area contributed by atoms with Crippen molar-refractivity contribution in [1.29, 1.82) is 0 Å². The molecule has 0 aliphatic rings. The molecule has 26 heavy (non-hydrogen) atoms. The lowest BCUT2D eigenvalue weighted by atomic mass is 9.77. The zero-order valence-electron chi connectivity index (χ0n) is 15.0. The normalized spacial score (nSPS) is 15.1. The number of hydrogen-bond acceptors (Lipinski definition) is 8. The highest BCUT2D eigenvalue weighted by atomic mass is 16.6. The van der Waals surface area contributed by atoms with E-state index in [1.54, 1.807) is 0 Å². The van der Waals surface area contributed by atoms with E-state index in [2.05, 4.69) is 0 Å². The molecule has 0 amide bonds. The number of esters is 2. The minimum absolute atomic E-state index is 0.570. The third-order valence-electron chi connectivity index (χ3n) is 3.70. The molecule has 0 heterocycles. The predicted octanol–water partition coefficient (Wildman–Crippen LogP) is 0.498. The van der Waals surface area contributed by atoms with Gasteiger partial charge in [-0.05, 0) is 13.8 Å². The third-order valence-corrected chi connectivity index (χ3v) is 3.70. The monoisotopic (exact) mass is 374 g/mol. The Labute approximate surface area is 149 Å². The smallest absolute Gasteiger partial charge is 0.353 e. The summed E-state index contributed by atoms with van der Waals surface area (Å²) in [6.07, 6.45) is -2.70. The van der Waals surface area contributed by atoms with Gasteiger partial charge < -0.3 is 19.7 Å². The Bertz CT molecular complexity index is 569. The molecule has 0 aliphatic heterocycles. The van der Waals surface area contributed by atoms with E-state index in [1.807, 2.05) is 0 Å². The number of rotatable bonds is 11. The Morgan fingerprint density at radius 1 is 0.692 bits per heavy atom. The predicted molar refractivity (Wildman–Crippen MR) is 84.1 cm³/mol. The standard InChI is InChI=1S/C16H22O10/c1-5-15(13(21)22,25-11(19)7-9(3)17)16(6-2,14(23)24)26-12(20)8-10(4)18/h5-8H2,1-4H3,(H,21,22)(H,23,24)/t15-,16-/m1/s1. The summed E-state index contributed by atoms with van der Waals surface area (Å²) in [4.78, 5) is 69.7. The molecule has 0 fully saturated rings. The number of aliphatic carboxylic acids is 2. The van der Waals surface area contributed by atoms with Crippen LogP contribution in [0.4, 0.5) is 0 Å². The maximum atomic E-state index is 11.9. The van der Waals surface area contributed by atoms with Crippen molar-refractivity contribution in [2.75, 3.05) is 0 Å². The minimum Gasteiger partial charge on any atom is -0.478 e. The van der Waals surface area contributed by atoms with Gasteiger partial charge in [0.1, 0.15) is 24.4 Å². The maximum Gasteiger partial charge on any atom is 0.353 e. The summed E-state index contributed by atoms with van der Waals surface area (Å²) < 4.78 is 9.76. The number of carboxylic acids is 2. The highest BCUT2D eigenvalue weighted by Gasteiger charge is 2.66. The van der Waals surface area contributed by atoms with Crippen LogP contribution in [0.25, 0.3) is 0 Å². The van der Waals surface area contributed by atoms with E-state index in [0.29, 0.717) is 0 Å². The summed E-state index contributed by atoms with van der Waals surface area (Å²) in [6, 6.07) is 0. The molecule has 0 aliphatic carbocycles. The van der Waals surface area contributed by atoms with Crippen LogP contribution in [0.15, 0.2) is 0 Å².